The molecule has 1 saturated heterocycles. The number of benzene rings is 1. The Hall–Kier alpha value is -4.37. The summed E-state index contributed by atoms with van der Waals surface area (Å²) >= 11 is 0. The first-order valence-corrected chi connectivity index (χ1v) is 17.8. The quantitative estimate of drug-likeness (QED) is 0.217. The number of carbonyl (C=O) groups is 5. The fourth-order valence-corrected chi connectivity index (χ4v) is 7.54. The van der Waals surface area contributed by atoms with Crippen LogP contribution in [0.2, 0.25) is 0 Å². The summed E-state index contributed by atoms with van der Waals surface area (Å²) in [5, 5.41) is 14.9. The Kier molecular flexibility index (Phi) is 10.4. The van der Waals surface area contributed by atoms with E-state index in [-0.39, 0.29) is 29.7 Å². The summed E-state index contributed by atoms with van der Waals surface area (Å²) in [6, 6.07) is 1.73. The summed E-state index contributed by atoms with van der Waals surface area (Å²) in [6.45, 7) is 16.9. The monoisotopic (exact) mass is 744 g/mol. The van der Waals surface area contributed by atoms with E-state index >= 15 is 0 Å². The number of esters is 3. The maximum atomic E-state index is 13.5. The predicted octanol–water partition coefficient (Wildman–Crippen LogP) is 4.38. The molecule has 2 aliphatic carbocycles. The minimum Gasteiger partial charge on any atom is -0.477 e. The number of carbonyl (C=O) groups excluding carboxylic acids is 5. The minimum absolute atomic E-state index is 0.106. The Morgan fingerprint density at radius 3 is 2.21 bits per heavy atom. The fourth-order valence-electron chi connectivity index (χ4n) is 7.54. The lowest BCUT2D eigenvalue weighted by atomic mass is 9.50. The lowest BCUT2D eigenvalue weighted by Crippen LogP contribution is -2.74. The van der Waals surface area contributed by atoms with Gasteiger partial charge in [-0.05, 0) is 113 Å². The van der Waals surface area contributed by atoms with Crippen molar-refractivity contribution in [1.82, 2.24) is 10.2 Å². The summed E-state index contributed by atoms with van der Waals surface area (Å²) in [5.74, 6) is -2.36. The fraction of sp³-hybridized carbons (Fsp3) is 0.658. The normalized spacial score (nSPS) is 25.7. The number of ether oxygens (including phenoxy) is 7. The number of amides is 1. The van der Waals surface area contributed by atoms with Crippen LogP contribution < -0.4 is 14.8 Å². The van der Waals surface area contributed by atoms with Crippen LogP contribution in [-0.4, -0.2) is 100 Å². The molecule has 2 N–H and O–H groups in total. The average Bonchev–Trinajstić information content (AvgIpc) is 3.34. The van der Waals surface area contributed by atoms with Crippen molar-refractivity contribution in [3.05, 3.63) is 35.1 Å². The Labute approximate surface area is 309 Å². The molecule has 292 valence electrons. The van der Waals surface area contributed by atoms with Gasteiger partial charge in [-0.1, -0.05) is 6.07 Å². The molecule has 15 nitrogen and oxygen atoms in total. The molecule has 0 radical (unpaired) electrons. The molecule has 2 heterocycles. The number of hydrogen-bond acceptors (Lipinski definition) is 14. The van der Waals surface area contributed by atoms with Gasteiger partial charge in [-0.25, -0.2) is 19.2 Å². The van der Waals surface area contributed by atoms with Crippen molar-refractivity contribution >= 4 is 30.2 Å². The lowest BCUT2D eigenvalue weighted by Gasteiger charge is -2.61. The second-order valence-corrected chi connectivity index (χ2v) is 17.1. The minimum atomic E-state index is -1.47. The van der Waals surface area contributed by atoms with Crippen molar-refractivity contribution in [2.24, 2.45) is 0 Å². The summed E-state index contributed by atoms with van der Waals surface area (Å²) in [4.78, 5) is 66.9. The summed E-state index contributed by atoms with van der Waals surface area (Å²) in [7, 11) is 1.96. The van der Waals surface area contributed by atoms with Crippen LogP contribution in [0, 0.1) is 0 Å². The van der Waals surface area contributed by atoms with Crippen LogP contribution in [0.25, 0.3) is 0 Å². The van der Waals surface area contributed by atoms with Gasteiger partial charge in [-0.3, -0.25) is 4.79 Å². The SMILES string of the molecule is C[C@H](OC(=O)C[C@H](NC(=O)OC(C)(C)C)C(=O)OC(C)(C)C)C(=O)OC1=CC[C@@]2(O)[C@@H]3Cc4ccc(OC(=O)OC(C)(C)C)c5c4[C@@]2(CCN3C)[C@H]1O5. The molecule has 0 unspecified atom stereocenters. The third-order valence-electron chi connectivity index (χ3n) is 9.53. The highest BCUT2D eigenvalue weighted by atomic mass is 16.7. The topological polar surface area (TPSA) is 185 Å². The number of aliphatic hydroxyl groups is 1. The smallest absolute Gasteiger partial charge is 0.477 e. The van der Waals surface area contributed by atoms with Gasteiger partial charge < -0.3 is 48.5 Å². The van der Waals surface area contributed by atoms with Gasteiger partial charge in [-0.15, -0.1) is 0 Å². The van der Waals surface area contributed by atoms with E-state index in [2.05, 4.69) is 10.2 Å². The van der Waals surface area contributed by atoms with Crippen LogP contribution in [0.3, 0.4) is 0 Å². The predicted molar refractivity (Wildman–Crippen MR) is 187 cm³/mol. The van der Waals surface area contributed by atoms with Gasteiger partial charge in [0.05, 0.1) is 17.4 Å². The van der Waals surface area contributed by atoms with Crippen LogP contribution in [0.5, 0.6) is 11.5 Å². The highest BCUT2D eigenvalue weighted by molar-refractivity contribution is 5.87. The number of piperidine rings is 1. The van der Waals surface area contributed by atoms with E-state index in [9.17, 15) is 29.1 Å². The number of rotatable bonds is 8. The van der Waals surface area contributed by atoms with Crippen molar-refractivity contribution in [2.45, 2.75) is 147 Å². The number of nitrogens with zero attached hydrogens (tertiary/aromatic N) is 1. The first-order valence-electron chi connectivity index (χ1n) is 17.8. The molecule has 2 bridgehead atoms. The molecular weight excluding hydrogens is 692 g/mol. The molecule has 5 rings (SSSR count). The molecule has 4 aliphatic rings. The lowest BCUT2D eigenvalue weighted by molar-refractivity contribution is -0.176. The van der Waals surface area contributed by atoms with Crippen molar-refractivity contribution in [3.63, 3.8) is 0 Å². The van der Waals surface area contributed by atoms with Gasteiger partial charge in [0.1, 0.15) is 28.6 Å². The summed E-state index contributed by atoms with van der Waals surface area (Å²) in [6.07, 6.45) is -2.29. The Bertz CT molecular complexity index is 1700. The van der Waals surface area contributed by atoms with Crippen molar-refractivity contribution in [3.8, 4) is 11.5 Å². The number of hydrogen-bond donors (Lipinski definition) is 2. The van der Waals surface area contributed by atoms with Gasteiger partial charge >= 0.3 is 30.2 Å². The molecular formula is C38H52N2O13. The molecule has 15 heteroatoms. The highest BCUT2D eigenvalue weighted by Crippen LogP contribution is 2.65. The van der Waals surface area contributed by atoms with Crippen molar-refractivity contribution < 1.29 is 62.2 Å². The highest BCUT2D eigenvalue weighted by Gasteiger charge is 2.72. The first kappa shape index (κ1) is 39.8. The van der Waals surface area contributed by atoms with Gasteiger partial charge in [0.15, 0.2) is 23.7 Å². The standard InChI is InChI=1S/C38H52N2O13/c1-20(47-26(41)19-22(31(43)51-34(2,3)4)39-32(44)52-35(5,6)7)30(42)48-24-14-15-38(46)25-18-21-12-13-23(49-33(45)53-36(8,9)10)28-27(21)37(38,29(24)50-28)16-17-40(25)11/h12-14,20,22,25,29,46H,15-19H2,1-11H3,(H,39,44)/t20-,22-,25-,29-,37-,38+/m0/s1. The van der Waals surface area contributed by atoms with Gasteiger partial charge in [0, 0.05) is 18.0 Å². The molecule has 1 spiro atoms. The number of nitrogens with one attached hydrogen (secondary N) is 1. The molecule has 1 amide bonds. The molecule has 2 aliphatic heterocycles. The van der Waals surface area contributed by atoms with E-state index in [4.69, 9.17) is 33.2 Å². The molecule has 1 aromatic rings. The van der Waals surface area contributed by atoms with Crippen LogP contribution in [0.15, 0.2) is 24.0 Å². The second kappa shape index (κ2) is 13.8. The van der Waals surface area contributed by atoms with E-state index in [0.717, 1.165) is 5.56 Å². The summed E-state index contributed by atoms with van der Waals surface area (Å²) in [5.41, 5.74) is -3.39. The molecule has 0 aromatic heterocycles. The summed E-state index contributed by atoms with van der Waals surface area (Å²) < 4.78 is 39.4. The van der Waals surface area contributed by atoms with Gasteiger partial charge in [0.25, 0.3) is 0 Å². The Balaban J connectivity index is 1.35. The maximum absolute atomic E-state index is 13.5. The number of likely N-dealkylation sites (N-methyl/N-ethyl adjacent to an activating group) is 1. The first-order chi connectivity index (χ1) is 24.3. The Morgan fingerprint density at radius 2 is 1.58 bits per heavy atom. The van der Waals surface area contributed by atoms with Crippen LogP contribution in [0.1, 0.15) is 99.6 Å². The second-order valence-electron chi connectivity index (χ2n) is 17.1. The molecule has 1 aromatic carbocycles. The van der Waals surface area contributed by atoms with Crippen LogP contribution >= 0.6 is 0 Å². The molecule has 1 fully saturated rings. The van der Waals surface area contributed by atoms with Crippen LogP contribution in [-0.2, 0) is 49.9 Å². The van der Waals surface area contributed by atoms with Gasteiger partial charge in [0.2, 0.25) is 0 Å². The molecule has 53 heavy (non-hydrogen) atoms. The van der Waals surface area contributed by atoms with Crippen LogP contribution in [0.4, 0.5) is 9.59 Å². The third kappa shape index (κ3) is 8.10. The number of likely N-dealkylation sites (tertiary alicyclic amines) is 1. The maximum Gasteiger partial charge on any atom is 0.514 e. The zero-order valence-corrected chi connectivity index (χ0v) is 32.4. The average molecular weight is 745 g/mol. The van der Waals surface area contributed by atoms with E-state index in [1.165, 1.54) is 6.92 Å². The van der Waals surface area contributed by atoms with Gasteiger partial charge in [-0.2, -0.15) is 0 Å². The van der Waals surface area contributed by atoms with E-state index in [1.807, 2.05) is 13.1 Å². The number of alkyl carbamates (subject to hydrolysis) is 1. The third-order valence-corrected chi connectivity index (χ3v) is 9.53. The zero-order valence-electron chi connectivity index (χ0n) is 32.4. The van der Waals surface area contributed by atoms with E-state index in [0.29, 0.717) is 24.9 Å². The molecule has 0 saturated carbocycles. The Morgan fingerprint density at radius 1 is 0.943 bits per heavy atom. The largest absolute Gasteiger partial charge is 0.514 e. The van der Waals surface area contributed by atoms with Crippen molar-refractivity contribution in [1.29, 1.82) is 0 Å². The molecule has 6 atom stereocenters. The zero-order chi connectivity index (χ0) is 39.5. The van der Waals surface area contributed by atoms with Crippen molar-refractivity contribution in [2.75, 3.05) is 13.6 Å². The van der Waals surface area contributed by atoms with E-state index in [1.54, 1.807) is 74.5 Å². The van der Waals surface area contributed by atoms with E-state index < -0.39 is 82.6 Å².